The standard InChI is InChI=1S/C20H19N5O3S/c1-11(2)29(27,28)15-9-13(8-14-19(15)25-20(21)22-14)18-17(23-16(10-26)24-18)12-6-4-3-5-7-12/h3-11H,1-2H3,(H,23,24)(H3,21,22,25). The van der Waals surface area contributed by atoms with Gasteiger partial charge in [-0.05, 0) is 26.0 Å². The molecule has 4 rings (SSSR count). The normalized spacial score (nSPS) is 12.0. The van der Waals surface area contributed by atoms with Crippen LogP contribution >= 0.6 is 0 Å². The molecule has 9 heteroatoms. The Morgan fingerprint density at radius 3 is 2.41 bits per heavy atom. The highest BCUT2D eigenvalue weighted by Crippen LogP contribution is 2.35. The van der Waals surface area contributed by atoms with Crippen LogP contribution < -0.4 is 5.73 Å². The van der Waals surface area contributed by atoms with E-state index in [1.54, 1.807) is 19.9 Å². The molecule has 2 heterocycles. The number of sulfone groups is 1. The number of aldehydes is 1. The molecule has 0 saturated carbocycles. The van der Waals surface area contributed by atoms with Crippen molar-refractivity contribution >= 4 is 33.1 Å². The second kappa shape index (κ2) is 6.85. The average Bonchev–Trinajstić information content (AvgIpc) is 3.30. The molecule has 29 heavy (non-hydrogen) atoms. The topological polar surface area (TPSA) is 135 Å². The Bertz CT molecular complexity index is 1320. The molecule has 2 aromatic carbocycles. The minimum absolute atomic E-state index is 0.0719. The molecule has 4 N–H and O–H groups in total. The summed E-state index contributed by atoms with van der Waals surface area (Å²) in [5, 5.41) is -0.641. The molecule has 0 atom stereocenters. The van der Waals surface area contributed by atoms with E-state index in [-0.39, 0.29) is 22.2 Å². The highest BCUT2D eigenvalue weighted by molar-refractivity contribution is 7.92. The fourth-order valence-electron chi connectivity index (χ4n) is 3.18. The van der Waals surface area contributed by atoms with Crippen molar-refractivity contribution in [3.8, 4) is 22.5 Å². The van der Waals surface area contributed by atoms with Gasteiger partial charge in [-0.2, -0.15) is 0 Å². The van der Waals surface area contributed by atoms with Crippen LogP contribution in [0.1, 0.15) is 24.5 Å². The summed E-state index contributed by atoms with van der Waals surface area (Å²) in [5.74, 6) is 0.271. The molecule has 0 unspecified atom stereocenters. The summed E-state index contributed by atoms with van der Waals surface area (Å²) in [6.45, 7) is 3.22. The van der Waals surface area contributed by atoms with E-state index in [1.807, 2.05) is 30.3 Å². The number of nitrogens with two attached hydrogens (primary N) is 1. The van der Waals surface area contributed by atoms with Crippen molar-refractivity contribution in [2.45, 2.75) is 24.0 Å². The number of carbonyl (C=O) groups excluding carboxylic acids is 1. The maximum Gasteiger partial charge on any atom is 0.198 e. The molecular formula is C20H19N5O3S. The zero-order chi connectivity index (χ0) is 20.8. The number of rotatable bonds is 5. The van der Waals surface area contributed by atoms with Gasteiger partial charge >= 0.3 is 0 Å². The lowest BCUT2D eigenvalue weighted by atomic mass is 10.0. The lowest BCUT2D eigenvalue weighted by Crippen LogP contribution is -2.14. The molecule has 0 saturated heterocycles. The zero-order valence-electron chi connectivity index (χ0n) is 15.8. The van der Waals surface area contributed by atoms with Crippen LogP contribution in [0.5, 0.6) is 0 Å². The maximum atomic E-state index is 13.0. The number of imidazole rings is 2. The SMILES string of the molecule is CC(C)S(=O)(=O)c1cc(-c2nc(C=O)[nH]c2-c2ccccc2)cc2[nH]c(N)nc12. The van der Waals surface area contributed by atoms with Gasteiger partial charge in [-0.15, -0.1) is 0 Å². The highest BCUT2D eigenvalue weighted by Gasteiger charge is 2.26. The average molecular weight is 409 g/mol. The van der Waals surface area contributed by atoms with Crippen LogP contribution in [0.4, 0.5) is 5.95 Å². The van der Waals surface area contributed by atoms with E-state index in [0.29, 0.717) is 28.8 Å². The largest absolute Gasteiger partial charge is 0.369 e. The fourth-order valence-corrected chi connectivity index (χ4v) is 4.41. The molecule has 2 aromatic heterocycles. The maximum absolute atomic E-state index is 13.0. The van der Waals surface area contributed by atoms with Crippen LogP contribution in [0, 0.1) is 0 Å². The lowest BCUT2D eigenvalue weighted by molar-refractivity contribution is 0.111. The minimum atomic E-state index is -3.64. The van der Waals surface area contributed by atoms with Crippen LogP contribution in [-0.4, -0.2) is 39.9 Å². The van der Waals surface area contributed by atoms with Crippen molar-refractivity contribution in [1.82, 2.24) is 19.9 Å². The third-order valence-corrected chi connectivity index (χ3v) is 6.83. The zero-order valence-corrected chi connectivity index (χ0v) is 16.6. The fraction of sp³-hybridized carbons (Fsp3) is 0.150. The van der Waals surface area contributed by atoms with Crippen molar-refractivity contribution in [1.29, 1.82) is 0 Å². The lowest BCUT2D eigenvalue weighted by Gasteiger charge is -2.11. The molecule has 148 valence electrons. The molecule has 0 fully saturated rings. The Morgan fingerprint density at radius 1 is 1.03 bits per heavy atom. The van der Waals surface area contributed by atoms with Crippen molar-refractivity contribution in [2.75, 3.05) is 5.73 Å². The monoisotopic (exact) mass is 409 g/mol. The van der Waals surface area contributed by atoms with Crippen molar-refractivity contribution < 1.29 is 13.2 Å². The van der Waals surface area contributed by atoms with E-state index < -0.39 is 15.1 Å². The Balaban J connectivity index is 2.03. The van der Waals surface area contributed by atoms with Crippen LogP contribution in [0.3, 0.4) is 0 Å². The van der Waals surface area contributed by atoms with Gasteiger partial charge in [0.05, 0.1) is 27.0 Å². The van der Waals surface area contributed by atoms with E-state index in [2.05, 4.69) is 19.9 Å². The second-order valence-corrected chi connectivity index (χ2v) is 9.39. The van der Waals surface area contributed by atoms with E-state index in [1.165, 1.54) is 6.07 Å². The Kier molecular flexibility index (Phi) is 4.46. The quantitative estimate of drug-likeness (QED) is 0.433. The summed E-state index contributed by atoms with van der Waals surface area (Å²) in [7, 11) is -3.64. The Morgan fingerprint density at radius 2 is 1.76 bits per heavy atom. The summed E-state index contributed by atoms with van der Waals surface area (Å²) in [4.78, 5) is 25.8. The van der Waals surface area contributed by atoms with Gasteiger partial charge in [-0.1, -0.05) is 30.3 Å². The number of hydrogen-bond acceptors (Lipinski definition) is 6. The van der Waals surface area contributed by atoms with Gasteiger partial charge in [0.15, 0.2) is 27.9 Å². The van der Waals surface area contributed by atoms with Crippen LogP contribution in [0.15, 0.2) is 47.4 Å². The first-order valence-electron chi connectivity index (χ1n) is 8.95. The van der Waals surface area contributed by atoms with E-state index in [9.17, 15) is 13.2 Å². The van der Waals surface area contributed by atoms with Gasteiger partial charge in [0.2, 0.25) is 0 Å². The van der Waals surface area contributed by atoms with Gasteiger partial charge in [-0.25, -0.2) is 18.4 Å². The summed E-state index contributed by atoms with van der Waals surface area (Å²) in [5.41, 5.74) is 8.98. The summed E-state index contributed by atoms with van der Waals surface area (Å²) >= 11 is 0. The number of nitrogen functional groups attached to an aromatic ring is 1. The number of H-pyrrole nitrogens is 2. The number of anilines is 1. The predicted molar refractivity (Wildman–Crippen MR) is 111 cm³/mol. The third kappa shape index (κ3) is 3.19. The molecular weight excluding hydrogens is 390 g/mol. The number of fused-ring (bicyclic) bond motifs is 1. The molecule has 0 aliphatic heterocycles. The smallest absolute Gasteiger partial charge is 0.198 e. The predicted octanol–water partition coefficient (Wildman–Crippen LogP) is 3.20. The summed E-state index contributed by atoms with van der Waals surface area (Å²) in [6, 6.07) is 12.6. The molecule has 4 aromatic rings. The number of nitrogens with one attached hydrogen (secondary N) is 2. The molecule has 8 nitrogen and oxygen atoms in total. The van der Waals surface area contributed by atoms with Gasteiger partial charge in [0.25, 0.3) is 0 Å². The first-order chi connectivity index (χ1) is 13.8. The number of nitrogens with zero attached hydrogens (tertiary/aromatic N) is 2. The van der Waals surface area contributed by atoms with E-state index in [4.69, 9.17) is 5.73 Å². The van der Waals surface area contributed by atoms with Crippen molar-refractivity contribution in [3.05, 3.63) is 48.3 Å². The van der Waals surface area contributed by atoms with Crippen LogP contribution in [0.25, 0.3) is 33.5 Å². The number of aromatic nitrogens is 4. The first kappa shape index (κ1) is 18.9. The number of hydrogen-bond donors (Lipinski definition) is 3. The first-order valence-corrected chi connectivity index (χ1v) is 10.5. The third-order valence-electron chi connectivity index (χ3n) is 4.67. The summed E-state index contributed by atoms with van der Waals surface area (Å²) < 4.78 is 26.0. The molecule has 0 aliphatic carbocycles. The molecule has 0 spiro atoms. The van der Waals surface area contributed by atoms with Crippen LogP contribution in [-0.2, 0) is 9.84 Å². The number of benzene rings is 2. The number of aromatic amines is 2. The summed E-state index contributed by atoms with van der Waals surface area (Å²) in [6.07, 6.45) is 0.619. The molecule has 0 bridgehead atoms. The Hall–Kier alpha value is -3.46. The Labute approximate surface area is 167 Å². The van der Waals surface area contributed by atoms with E-state index in [0.717, 1.165) is 5.56 Å². The highest BCUT2D eigenvalue weighted by atomic mass is 32.2. The minimum Gasteiger partial charge on any atom is -0.369 e. The van der Waals surface area contributed by atoms with Gasteiger partial charge in [0, 0.05) is 11.1 Å². The second-order valence-electron chi connectivity index (χ2n) is 6.92. The van der Waals surface area contributed by atoms with Gasteiger partial charge in [-0.3, -0.25) is 4.79 Å². The van der Waals surface area contributed by atoms with Crippen molar-refractivity contribution in [2.24, 2.45) is 0 Å². The van der Waals surface area contributed by atoms with Gasteiger partial charge < -0.3 is 15.7 Å². The van der Waals surface area contributed by atoms with Crippen molar-refractivity contribution in [3.63, 3.8) is 0 Å². The van der Waals surface area contributed by atoms with Gasteiger partial charge in [0.1, 0.15) is 5.52 Å². The molecule has 0 radical (unpaired) electrons. The molecule has 0 amide bonds. The number of carbonyl (C=O) groups is 1. The van der Waals surface area contributed by atoms with E-state index >= 15 is 0 Å². The van der Waals surface area contributed by atoms with Crippen LogP contribution in [0.2, 0.25) is 0 Å². The molecule has 0 aliphatic rings.